The van der Waals surface area contributed by atoms with Crippen molar-refractivity contribution in [1.29, 1.82) is 0 Å². The van der Waals surface area contributed by atoms with Crippen molar-refractivity contribution in [2.75, 3.05) is 31.1 Å². The molecule has 5 nitrogen and oxygen atoms in total. The van der Waals surface area contributed by atoms with Crippen LogP contribution in [0.4, 0.5) is 5.13 Å². The standard InChI is InChI=1S/C16H28N4OS/c17-9-4-2-1-3-7-15(21)18-10-8-14-13-22-16(19-14)20-11-5-6-12-20/h13H,1-12,17H2,(H,18,21). The van der Waals surface area contributed by atoms with Crippen LogP contribution in [0.5, 0.6) is 0 Å². The van der Waals surface area contributed by atoms with Gasteiger partial charge in [0.05, 0.1) is 5.69 Å². The first-order valence-corrected chi connectivity index (χ1v) is 9.33. The van der Waals surface area contributed by atoms with Crippen LogP contribution < -0.4 is 16.0 Å². The lowest BCUT2D eigenvalue weighted by atomic mass is 10.1. The number of unbranched alkanes of at least 4 members (excludes halogenated alkanes) is 3. The topological polar surface area (TPSA) is 71.2 Å². The van der Waals surface area contributed by atoms with Crippen LogP contribution >= 0.6 is 11.3 Å². The zero-order chi connectivity index (χ0) is 15.6. The monoisotopic (exact) mass is 324 g/mol. The van der Waals surface area contributed by atoms with Gasteiger partial charge in [-0.2, -0.15) is 0 Å². The minimum absolute atomic E-state index is 0.155. The Labute approximate surface area is 137 Å². The van der Waals surface area contributed by atoms with Gasteiger partial charge in [-0.05, 0) is 32.2 Å². The number of carbonyl (C=O) groups is 1. The summed E-state index contributed by atoms with van der Waals surface area (Å²) in [6, 6.07) is 0. The van der Waals surface area contributed by atoms with Gasteiger partial charge in [-0.25, -0.2) is 4.98 Å². The van der Waals surface area contributed by atoms with E-state index < -0.39 is 0 Å². The second-order valence-corrected chi connectivity index (χ2v) is 6.70. The van der Waals surface area contributed by atoms with E-state index in [-0.39, 0.29) is 5.91 Å². The average Bonchev–Trinajstić information content (AvgIpc) is 3.18. The fourth-order valence-corrected chi connectivity index (χ4v) is 3.58. The summed E-state index contributed by atoms with van der Waals surface area (Å²) in [5.74, 6) is 0.155. The SMILES string of the molecule is NCCCCCCC(=O)NCCc1csc(N2CCCC2)n1. The van der Waals surface area contributed by atoms with Crippen LogP contribution in [0.3, 0.4) is 0 Å². The number of rotatable bonds is 10. The van der Waals surface area contributed by atoms with E-state index in [1.807, 2.05) is 0 Å². The van der Waals surface area contributed by atoms with Crippen molar-refractivity contribution in [2.24, 2.45) is 5.73 Å². The molecule has 0 unspecified atom stereocenters. The highest BCUT2D eigenvalue weighted by atomic mass is 32.1. The largest absolute Gasteiger partial charge is 0.356 e. The minimum Gasteiger partial charge on any atom is -0.356 e. The zero-order valence-corrected chi connectivity index (χ0v) is 14.2. The third kappa shape index (κ3) is 5.93. The fourth-order valence-electron chi connectivity index (χ4n) is 2.67. The lowest BCUT2D eigenvalue weighted by Crippen LogP contribution is -2.25. The minimum atomic E-state index is 0.155. The first-order chi connectivity index (χ1) is 10.8. The Hall–Kier alpha value is -1.14. The van der Waals surface area contributed by atoms with Crippen LogP contribution in [0.15, 0.2) is 5.38 Å². The molecule has 6 heteroatoms. The van der Waals surface area contributed by atoms with Crippen molar-refractivity contribution in [2.45, 2.75) is 51.4 Å². The second kappa shape index (κ2) is 9.79. The van der Waals surface area contributed by atoms with E-state index >= 15 is 0 Å². The molecular formula is C16H28N4OS. The predicted octanol–water partition coefficient (Wildman–Crippen LogP) is 2.31. The van der Waals surface area contributed by atoms with Crippen LogP contribution in [0.1, 0.15) is 50.6 Å². The molecule has 0 radical (unpaired) electrons. The lowest BCUT2D eigenvalue weighted by Gasteiger charge is -2.12. The number of thiazole rings is 1. The molecule has 124 valence electrons. The Morgan fingerprint density at radius 1 is 1.27 bits per heavy atom. The van der Waals surface area contributed by atoms with Gasteiger partial charge in [0.25, 0.3) is 0 Å². The molecule has 0 aliphatic carbocycles. The molecule has 1 fully saturated rings. The Morgan fingerprint density at radius 2 is 2.05 bits per heavy atom. The molecule has 0 bridgehead atoms. The van der Waals surface area contributed by atoms with Crippen LogP contribution in [0.2, 0.25) is 0 Å². The van der Waals surface area contributed by atoms with Gasteiger partial charge in [-0.1, -0.05) is 12.8 Å². The molecule has 1 aliphatic rings. The quantitative estimate of drug-likeness (QED) is 0.648. The van der Waals surface area contributed by atoms with Gasteiger partial charge < -0.3 is 16.0 Å². The number of aromatic nitrogens is 1. The van der Waals surface area contributed by atoms with Crippen molar-refractivity contribution in [1.82, 2.24) is 10.3 Å². The van der Waals surface area contributed by atoms with Crippen molar-refractivity contribution in [3.63, 3.8) is 0 Å². The number of hydrogen-bond acceptors (Lipinski definition) is 5. The van der Waals surface area contributed by atoms with Gasteiger partial charge in [-0.3, -0.25) is 4.79 Å². The summed E-state index contributed by atoms with van der Waals surface area (Å²) >= 11 is 1.72. The Kier molecular flexibility index (Phi) is 7.66. The van der Waals surface area contributed by atoms with Gasteiger partial charge in [-0.15, -0.1) is 11.3 Å². The van der Waals surface area contributed by atoms with E-state index in [1.54, 1.807) is 11.3 Å². The number of nitrogens with zero attached hydrogens (tertiary/aromatic N) is 2. The highest BCUT2D eigenvalue weighted by Crippen LogP contribution is 2.24. The maximum Gasteiger partial charge on any atom is 0.220 e. The maximum atomic E-state index is 11.7. The van der Waals surface area contributed by atoms with Gasteiger partial charge in [0.1, 0.15) is 0 Å². The molecule has 1 aliphatic heterocycles. The normalized spacial score (nSPS) is 14.5. The molecule has 3 N–H and O–H groups in total. The van der Waals surface area contributed by atoms with Gasteiger partial charge in [0.2, 0.25) is 5.91 Å². The number of amides is 1. The summed E-state index contributed by atoms with van der Waals surface area (Å²) in [6.07, 6.45) is 8.24. The molecule has 1 aromatic rings. The van der Waals surface area contributed by atoms with Crippen LogP contribution in [0.25, 0.3) is 0 Å². The van der Waals surface area contributed by atoms with E-state index in [9.17, 15) is 4.79 Å². The molecule has 1 saturated heterocycles. The highest BCUT2D eigenvalue weighted by Gasteiger charge is 2.15. The van der Waals surface area contributed by atoms with Gasteiger partial charge in [0.15, 0.2) is 5.13 Å². The number of hydrogen-bond donors (Lipinski definition) is 2. The summed E-state index contributed by atoms with van der Waals surface area (Å²) in [7, 11) is 0. The first kappa shape index (κ1) is 17.2. The number of anilines is 1. The third-order valence-electron chi connectivity index (χ3n) is 3.98. The molecule has 22 heavy (non-hydrogen) atoms. The molecule has 1 amide bonds. The van der Waals surface area contributed by atoms with Crippen LogP contribution in [-0.2, 0) is 11.2 Å². The Balaban J connectivity index is 1.57. The van der Waals surface area contributed by atoms with Gasteiger partial charge in [0, 0.05) is 37.9 Å². The van der Waals surface area contributed by atoms with E-state index in [0.717, 1.165) is 62.6 Å². The molecule has 2 rings (SSSR count). The lowest BCUT2D eigenvalue weighted by molar-refractivity contribution is -0.121. The smallest absolute Gasteiger partial charge is 0.220 e. The second-order valence-electron chi connectivity index (χ2n) is 5.87. The highest BCUT2D eigenvalue weighted by molar-refractivity contribution is 7.13. The van der Waals surface area contributed by atoms with Crippen molar-refractivity contribution >= 4 is 22.4 Å². The molecular weight excluding hydrogens is 296 g/mol. The first-order valence-electron chi connectivity index (χ1n) is 8.45. The number of carbonyl (C=O) groups excluding carboxylic acids is 1. The summed E-state index contributed by atoms with van der Waals surface area (Å²) in [4.78, 5) is 18.7. The summed E-state index contributed by atoms with van der Waals surface area (Å²) in [6.45, 7) is 3.70. The van der Waals surface area contributed by atoms with Crippen LogP contribution in [-0.4, -0.2) is 37.1 Å². The molecule has 0 aromatic carbocycles. The Bertz CT molecular complexity index is 443. The molecule has 0 spiro atoms. The Morgan fingerprint density at radius 3 is 2.82 bits per heavy atom. The van der Waals surface area contributed by atoms with Gasteiger partial charge >= 0.3 is 0 Å². The van der Waals surface area contributed by atoms with E-state index in [1.165, 1.54) is 12.8 Å². The van der Waals surface area contributed by atoms with Crippen LogP contribution in [0, 0.1) is 0 Å². The third-order valence-corrected chi connectivity index (χ3v) is 4.93. The zero-order valence-electron chi connectivity index (χ0n) is 13.4. The van der Waals surface area contributed by atoms with E-state index in [2.05, 4.69) is 20.6 Å². The molecule has 1 aromatic heterocycles. The van der Waals surface area contributed by atoms with E-state index in [4.69, 9.17) is 5.73 Å². The van der Waals surface area contributed by atoms with E-state index in [0.29, 0.717) is 13.0 Å². The van der Waals surface area contributed by atoms with Crippen molar-refractivity contribution in [3.05, 3.63) is 11.1 Å². The summed E-state index contributed by atoms with van der Waals surface area (Å²) in [5, 5.41) is 6.24. The molecule has 0 saturated carbocycles. The van der Waals surface area contributed by atoms with Crippen molar-refractivity contribution in [3.8, 4) is 0 Å². The predicted molar refractivity (Wildman–Crippen MR) is 92.4 cm³/mol. The fraction of sp³-hybridized carbons (Fsp3) is 0.750. The maximum absolute atomic E-state index is 11.7. The summed E-state index contributed by atoms with van der Waals surface area (Å²) < 4.78 is 0. The summed E-state index contributed by atoms with van der Waals surface area (Å²) in [5.41, 5.74) is 6.54. The van der Waals surface area contributed by atoms with Crippen molar-refractivity contribution < 1.29 is 4.79 Å². The molecule has 0 atom stereocenters. The molecule has 2 heterocycles. The average molecular weight is 324 g/mol. The number of nitrogens with one attached hydrogen (secondary N) is 1. The number of nitrogens with two attached hydrogens (primary N) is 1.